The van der Waals surface area contributed by atoms with Gasteiger partial charge in [-0.1, -0.05) is 13.3 Å². The first-order valence-electron chi connectivity index (χ1n) is 6.29. The van der Waals surface area contributed by atoms with E-state index < -0.39 is 5.60 Å². The molecule has 3 nitrogen and oxygen atoms in total. The predicted octanol–water partition coefficient (Wildman–Crippen LogP) is 0.866. The Morgan fingerprint density at radius 1 is 1.33 bits per heavy atom. The van der Waals surface area contributed by atoms with E-state index in [9.17, 15) is 5.11 Å². The van der Waals surface area contributed by atoms with Crippen LogP contribution in [-0.2, 0) is 0 Å². The van der Waals surface area contributed by atoms with E-state index in [0.717, 1.165) is 31.8 Å². The van der Waals surface area contributed by atoms with Crippen molar-refractivity contribution in [3.05, 3.63) is 0 Å². The minimum absolute atomic E-state index is 0.00389. The normalized spacial score (nSPS) is 39.8. The predicted molar refractivity (Wildman–Crippen MR) is 61.6 cm³/mol. The molecule has 0 atom stereocenters. The number of nitrogens with two attached hydrogens (primary N) is 1. The van der Waals surface area contributed by atoms with E-state index in [4.69, 9.17) is 5.73 Å². The number of aliphatic hydroxyl groups is 1. The van der Waals surface area contributed by atoms with Crippen molar-refractivity contribution in [2.45, 2.75) is 44.6 Å². The Bertz CT molecular complexity index is 218. The molecule has 15 heavy (non-hydrogen) atoms. The number of rotatable bonds is 3. The molecular formula is C12H24N2O. The van der Waals surface area contributed by atoms with E-state index in [-0.39, 0.29) is 5.41 Å². The van der Waals surface area contributed by atoms with Gasteiger partial charge in [-0.25, -0.2) is 0 Å². The number of nitrogens with one attached hydrogen (secondary N) is 1. The lowest BCUT2D eigenvalue weighted by Gasteiger charge is -2.55. The number of hydrogen-bond donors (Lipinski definition) is 3. The van der Waals surface area contributed by atoms with E-state index in [1.54, 1.807) is 0 Å². The van der Waals surface area contributed by atoms with E-state index in [2.05, 4.69) is 12.2 Å². The van der Waals surface area contributed by atoms with Gasteiger partial charge in [0, 0.05) is 25.0 Å². The molecule has 1 heterocycles. The zero-order valence-electron chi connectivity index (χ0n) is 9.76. The minimum atomic E-state index is -0.513. The van der Waals surface area contributed by atoms with E-state index in [1.165, 1.54) is 19.3 Å². The Labute approximate surface area is 92.4 Å². The van der Waals surface area contributed by atoms with Crippen LogP contribution in [0.4, 0.5) is 0 Å². The maximum atomic E-state index is 10.5. The van der Waals surface area contributed by atoms with Crippen LogP contribution < -0.4 is 11.1 Å². The van der Waals surface area contributed by atoms with Crippen molar-refractivity contribution >= 4 is 0 Å². The SMILES string of the molecule is CCC1CCC(CN)(C2(O)CNC2)CC1. The van der Waals surface area contributed by atoms with E-state index in [0.29, 0.717) is 6.54 Å². The summed E-state index contributed by atoms with van der Waals surface area (Å²) in [5, 5.41) is 13.7. The van der Waals surface area contributed by atoms with Crippen molar-refractivity contribution in [3.63, 3.8) is 0 Å². The van der Waals surface area contributed by atoms with Gasteiger partial charge in [-0.15, -0.1) is 0 Å². The van der Waals surface area contributed by atoms with Gasteiger partial charge in [-0.3, -0.25) is 0 Å². The first-order chi connectivity index (χ1) is 7.16. The fourth-order valence-corrected chi connectivity index (χ4v) is 3.23. The van der Waals surface area contributed by atoms with Crippen LogP contribution in [0.1, 0.15) is 39.0 Å². The second-order valence-corrected chi connectivity index (χ2v) is 5.47. The van der Waals surface area contributed by atoms with Crippen molar-refractivity contribution in [2.24, 2.45) is 17.1 Å². The van der Waals surface area contributed by atoms with Gasteiger partial charge in [0.2, 0.25) is 0 Å². The van der Waals surface area contributed by atoms with Gasteiger partial charge in [-0.05, 0) is 31.6 Å². The van der Waals surface area contributed by atoms with Crippen molar-refractivity contribution in [2.75, 3.05) is 19.6 Å². The van der Waals surface area contributed by atoms with Crippen LogP contribution in [0, 0.1) is 11.3 Å². The molecule has 0 aromatic heterocycles. The molecule has 0 unspecified atom stereocenters. The van der Waals surface area contributed by atoms with Gasteiger partial charge in [0.05, 0.1) is 5.60 Å². The third kappa shape index (κ3) is 1.71. The average Bonchev–Trinajstić information content (AvgIpc) is 2.26. The molecule has 2 fully saturated rings. The molecule has 1 aliphatic heterocycles. The molecular weight excluding hydrogens is 188 g/mol. The molecule has 3 heteroatoms. The molecule has 0 spiro atoms. The molecule has 0 radical (unpaired) electrons. The van der Waals surface area contributed by atoms with Gasteiger partial charge < -0.3 is 16.2 Å². The summed E-state index contributed by atoms with van der Waals surface area (Å²) in [5.74, 6) is 0.862. The fraction of sp³-hybridized carbons (Fsp3) is 1.00. The standard InChI is InChI=1S/C12H24N2O/c1-2-10-3-5-11(7-13,6-4-10)12(15)8-14-9-12/h10,14-15H,2-9,13H2,1H3. The third-order valence-corrected chi connectivity index (χ3v) is 4.85. The summed E-state index contributed by atoms with van der Waals surface area (Å²) in [6, 6.07) is 0. The average molecular weight is 212 g/mol. The second-order valence-electron chi connectivity index (χ2n) is 5.47. The first kappa shape index (κ1) is 11.4. The lowest BCUT2D eigenvalue weighted by Crippen LogP contribution is -2.70. The van der Waals surface area contributed by atoms with Crippen LogP contribution in [0.3, 0.4) is 0 Å². The maximum Gasteiger partial charge on any atom is 0.0962 e. The zero-order valence-corrected chi connectivity index (χ0v) is 9.76. The Morgan fingerprint density at radius 3 is 2.27 bits per heavy atom. The molecule has 4 N–H and O–H groups in total. The van der Waals surface area contributed by atoms with Gasteiger partial charge in [0.25, 0.3) is 0 Å². The Kier molecular flexibility index (Phi) is 3.06. The highest BCUT2D eigenvalue weighted by molar-refractivity contribution is 5.09. The van der Waals surface area contributed by atoms with Crippen molar-refractivity contribution < 1.29 is 5.11 Å². The monoisotopic (exact) mass is 212 g/mol. The number of β-amino-alcohol motifs (C(OH)–C–C–N with tert-alkyl or cyclic N) is 1. The van der Waals surface area contributed by atoms with E-state index >= 15 is 0 Å². The van der Waals surface area contributed by atoms with Crippen LogP contribution in [0.5, 0.6) is 0 Å². The van der Waals surface area contributed by atoms with Crippen LogP contribution >= 0.6 is 0 Å². The molecule has 2 aliphatic rings. The van der Waals surface area contributed by atoms with Crippen LogP contribution in [-0.4, -0.2) is 30.3 Å². The minimum Gasteiger partial charge on any atom is -0.387 e. The lowest BCUT2D eigenvalue weighted by atomic mass is 9.59. The summed E-state index contributed by atoms with van der Waals surface area (Å²) in [4.78, 5) is 0. The Balaban J connectivity index is 2.04. The first-order valence-corrected chi connectivity index (χ1v) is 6.29. The Morgan fingerprint density at radius 2 is 1.93 bits per heavy atom. The molecule has 0 aromatic rings. The summed E-state index contributed by atoms with van der Waals surface area (Å²) in [6.45, 7) is 4.38. The van der Waals surface area contributed by atoms with Gasteiger partial charge in [-0.2, -0.15) is 0 Å². The quantitative estimate of drug-likeness (QED) is 0.650. The highest BCUT2D eigenvalue weighted by Gasteiger charge is 2.53. The zero-order chi connectivity index (χ0) is 10.9. The highest BCUT2D eigenvalue weighted by atomic mass is 16.3. The molecule has 1 saturated carbocycles. The summed E-state index contributed by atoms with van der Waals surface area (Å²) < 4.78 is 0. The van der Waals surface area contributed by atoms with Gasteiger partial charge >= 0.3 is 0 Å². The smallest absolute Gasteiger partial charge is 0.0962 e. The van der Waals surface area contributed by atoms with E-state index in [1.807, 2.05) is 0 Å². The molecule has 88 valence electrons. The molecule has 2 rings (SSSR count). The summed E-state index contributed by atoms with van der Waals surface area (Å²) >= 11 is 0. The van der Waals surface area contributed by atoms with Crippen molar-refractivity contribution in [3.8, 4) is 0 Å². The third-order valence-electron chi connectivity index (χ3n) is 4.85. The van der Waals surface area contributed by atoms with Gasteiger partial charge in [0.15, 0.2) is 0 Å². The Hall–Kier alpha value is -0.120. The molecule has 0 aromatic carbocycles. The molecule has 0 amide bonds. The summed E-state index contributed by atoms with van der Waals surface area (Å²) in [6.07, 6.45) is 5.99. The highest BCUT2D eigenvalue weighted by Crippen LogP contribution is 2.47. The topological polar surface area (TPSA) is 58.3 Å². The summed E-state index contributed by atoms with van der Waals surface area (Å²) in [5.41, 5.74) is 5.42. The van der Waals surface area contributed by atoms with Gasteiger partial charge in [0.1, 0.15) is 0 Å². The van der Waals surface area contributed by atoms with Crippen LogP contribution in [0.2, 0.25) is 0 Å². The number of hydrogen-bond acceptors (Lipinski definition) is 3. The second kappa shape index (κ2) is 4.04. The molecule has 1 saturated heterocycles. The van der Waals surface area contributed by atoms with Crippen molar-refractivity contribution in [1.82, 2.24) is 5.32 Å². The maximum absolute atomic E-state index is 10.5. The molecule has 1 aliphatic carbocycles. The fourth-order valence-electron chi connectivity index (χ4n) is 3.23. The van der Waals surface area contributed by atoms with Crippen LogP contribution in [0.15, 0.2) is 0 Å². The molecule has 0 bridgehead atoms. The lowest BCUT2D eigenvalue weighted by molar-refractivity contribution is -0.136. The largest absolute Gasteiger partial charge is 0.387 e. The summed E-state index contributed by atoms with van der Waals surface area (Å²) in [7, 11) is 0. The van der Waals surface area contributed by atoms with Crippen molar-refractivity contribution in [1.29, 1.82) is 0 Å². The van der Waals surface area contributed by atoms with Crippen LogP contribution in [0.25, 0.3) is 0 Å².